The molecule has 0 radical (unpaired) electrons. The Morgan fingerprint density at radius 2 is 1.90 bits per heavy atom. The lowest BCUT2D eigenvalue weighted by Gasteiger charge is -2.25. The Kier molecular flexibility index (Phi) is 9.57. The molecule has 1 fully saturated rings. The molecule has 162 valence electrons. The number of benzene rings is 1. The molecule has 1 atom stereocenters. The third kappa shape index (κ3) is 6.43. The van der Waals surface area contributed by atoms with Crippen LogP contribution in [0.5, 0.6) is 0 Å². The van der Waals surface area contributed by atoms with E-state index in [0.717, 1.165) is 5.56 Å². The third-order valence-electron chi connectivity index (χ3n) is 4.80. The zero-order valence-corrected chi connectivity index (χ0v) is 19.8. The molecule has 1 aliphatic heterocycles. The maximum Gasteiger partial charge on any atom is 0.229 e. The lowest BCUT2D eigenvalue weighted by atomic mass is 10.1. The number of piperidine rings is 1. The molecule has 30 heavy (non-hydrogen) atoms. The molecule has 0 spiro atoms. The van der Waals surface area contributed by atoms with Gasteiger partial charge in [-0.15, -0.1) is 24.0 Å². The van der Waals surface area contributed by atoms with Gasteiger partial charge in [0.25, 0.3) is 0 Å². The Hall–Kier alpha value is -2.14. The Morgan fingerprint density at radius 3 is 2.50 bits per heavy atom. The van der Waals surface area contributed by atoms with Crippen molar-refractivity contribution < 1.29 is 9.59 Å². The average molecular weight is 545 g/mol. The lowest BCUT2D eigenvalue weighted by molar-refractivity contribution is -0.147. The zero-order chi connectivity index (χ0) is 20.6. The number of carbonyl (C=O) groups excluding carboxylic acids is 2. The van der Waals surface area contributed by atoms with Crippen molar-refractivity contribution in [3.63, 3.8) is 0 Å². The first-order valence-corrected chi connectivity index (χ1v) is 9.98. The molecule has 2 aromatic rings. The number of likely N-dealkylation sites (tertiary alicyclic amines) is 1. The fourth-order valence-corrected chi connectivity index (χ4v) is 3.39. The molecular formula is C20H26ClIN6O2. The van der Waals surface area contributed by atoms with E-state index in [4.69, 9.17) is 11.6 Å². The minimum Gasteiger partial charge on any atom is -0.355 e. The molecule has 0 bridgehead atoms. The summed E-state index contributed by atoms with van der Waals surface area (Å²) in [7, 11) is 1.68. The summed E-state index contributed by atoms with van der Waals surface area (Å²) in [6.07, 6.45) is 5.16. The highest BCUT2D eigenvalue weighted by Gasteiger charge is 2.25. The summed E-state index contributed by atoms with van der Waals surface area (Å²) in [6, 6.07) is 9.48. The number of aromatic nitrogens is 2. The van der Waals surface area contributed by atoms with Gasteiger partial charge in [0.05, 0.1) is 6.04 Å². The van der Waals surface area contributed by atoms with Gasteiger partial charge in [-0.05, 0) is 30.2 Å². The number of guanidine groups is 1. The van der Waals surface area contributed by atoms with E-state index in [0.29, 0.717) is 49.9 Å². The van der Waals surface area contributed by atoms with Crippen LogP contribution in [0.2, 0.25) is 5.02 Å². The van der Waals surface area contributed by atoms with Crippen LogP contribution in [0.25, 0.3) is 0 Å². The highest BCUT2D eigenvalue weighted by Crippen LogP contribution is 2.19. The minimum absolute atomic E-state index is 0. The smallest absolute Gasteiger partial charge is 0.229 e. The van der Waals surface area contributed by atoms with Gasteiger partial charge in [0.2, 0.25) is 11.8 Å². The van der Waals surface area contributed by atoms with Crippen LogP contribution in [0.15, 0.2) is 47.7 Å². The van der Waals surface area contributed by atoms with Crippen LogP contribution in [-0.2, 0) is 9.59 Å². The van der Waals surface area contributed by atoms with Crippen molar-refractivity contribution >= 4 is 53.4 Å². The van der Waals surface area contributed by atoms with Crippen molar-refractivity contribution in [2.24, 2.45) is 4.99 Å². The average Bonchev–Trinajstić information content (AvgIpc) is 3.24. The summed E-state index contributed by atoms with van der Waals surface area (Å²) in [5, 5.41) is 11.5. The molecule has 1 saturated heterocycles. The summed E-state index contributed by atoms with van der Waals surface area (Å²) in [6.45, 7) is 1.31. The molecule has 1 unspecified atom stereocenters. The van der Waals surface area contributed by atoms with E-state index in [1.807, 2.05) is 41.2 Å². The molecule has 0 aliphatic carbocycles. The molecule has 10 heteroatoms. The number of hydrogen-bond acceptors (Lipinski definition) is 4. The number of nitrogens with one attached hydrogen (secondary N) is 2. The van der Waals surface area contributed by atoms with Crippen molar-refractivity contribution in [3.05, 3.63) is 53.3 Å². The number of rotatable bonds is 7. The fraction of sp³-hybridized carbons (Fsp3) is 0.400. The fourth-order valence-electron chi connectivity index (χ4n) is 3.26. The van der Waals surface area contributed by atoms with Crippen molar-refractivity contribution in [3.8, 4) is 0 Å². The van der Waals surface area contributed by atoms with Gasteiger partial charge in [-0.1, -0.05) is 23.7 Å². The van der Waals surface area contributed by atoms with Gasteiger partial charge in [0.15, 0.2) is 5.96 Å². The molecule has 1 aliphatic rings. The lowest BCUT2D eigenvalue weighted by Crippen LogP contribution is -2.47. The van der Waals surface area contributed by atoms with Crippen LogP contribution >= 0.6 is 35.6 Å². The number of carbonyl (C=O) groups is 2. The Morgan fingerprint density at radius 1 is 1.20 bits per heavy atom. The Bertz CT molecular complexity index is 841. The van der Waals surface area contributed by atoms with E-state index >= 15 is 0 Å². The van der Waals surface area contributed by atoms with E-state index in [-0.39, 0.29) is 41.8 Å². The molecule has 0 saturated carbocycles. The van der Waals surface area contributed by atoms with Gasteiger partial charge in [0, 0.05) is 56.9 Å². The summed E-state index contributed by atoms with van der Waals surface area (Å²) < 4.78 is 1.87. The number of hydrogen-bond donors (Lipinski definition) is 2. The van der Waals surface area contributed by atoms with E-state index in [9.17, 15) is 9.59 Å². The van der Waals surface area contributed by atoms with Crippen LogP contribution in [-0.4, -0.2) is 59.1 Å². The first-order valence-electron chi connectivity index (χ1n) is 9.61. The molecule has 2 N–H and O–H groups in total. The van der Waals surface area contributed by atoms with Crippen LogP contribution in [0.1, 0.15) is 30.9 Å². The normalized spacial score (nSPS) is 15.5. The molecular weight excluding hydrogens is 519 g/mol. The second-order valence-corrected chi connectivity index (χ2v) is 7.16. The zero-order valence-electron chi connectivity index (χ0n) is 16.8. The highest BCUT2D eigenvalue weighted by molar-refractivity contribution is 14.0. The van der Waals surface area contributed by atoms with E-state index in [1.54, 1.807) is 13.2 Å². The first kappa shape index (κ1) is 24.1. The second-order valence-electron chi connectivity index (χ2n) is 6.73. The highest BCUT2D eigenvalue weighted by atomic mass is 127. The van der Waals surface area contributed by atoms with Crippen molar-refractivity contribution in [1.82, 2.24) is 25.3 Å². The van der Waals surface area contributed by atoms with Crippen LogP contribution in [0.3, 0.4) is 0 Å². The second kappa shape index (κ2) is 11.9. The maximum absolute atomic E-state index is 11.9. The predicted octanol–water partition coefficient (Wildman–Crippen LogP) is 2.45. The number of aliphatic imine (C=N–C) groups is 1. The molecule has 1 aromatic heterocycles. The van der Waals surface area contributed by atoms with Gasteiger partial charge >= 0.3 is 0 Å². The summed E-state index contributed by atoms with van der Waals surface area (Å²) in [4.78, 5) is 29.3. The third-order valence-corrected chi connectivity index (χ3v) is 5.05. The van der Waals surface area contributed by atoms with E-state index in [1.165, 1.54) is 4.90 Å². The van der Waals surface area contributed by atoms with Crippen molar-refractivity contribution in [2.75, 3.05) is 26.7 Å². The number of amides is 2. The largest absolute Gasteiger partial charge is 0.355 e. The number of nitrogens with zero attached hydrogens (tertiary/aromatic N) is 4. The SMILES string of the molecule is CN=C(NCCN1C(=O)CCCC1=O)NCC(c1ccc(Cl)cc1)n1cccn1.I. The molecule has 2 amide bonds. The molecule has 8 nitrogen and oxygen atoms in total. The van der Waals surface area contributed by atoms with Gasteiger partial charge in [-0.3, -0.25) is 24.2 Å². The van der Waals surface area contributed by atoms with Gasteiger partial charge < -0.3 is 10.6 Å². The maximum atomic E-state index is 11.9. The molecule has 3 rings (SSSR count). The predicted molar refractivity (Wildman–Crippen MR) is 127 cm³/mol. The minimum atomic E-state index is -0.104. The summed E-state index contributed by atoms with van der Waals surface area (Å²) >= 11 is 6.01. The topological polar surface area (TPSA) is 91.6 Å². The quantitative estimate of drug-likeness (QED) is 0.242. The van der Waals surface area contributed by atoms with E-state index < -0.39 is 0 Å². The first-order chi connectivity index (χ1) is 14.1. The summed E-state index contributed by atoms with van der Waals surface area (Å²) in [5.74, 6) is 0.382. The standard InChI is InChI=1S/C20H25ClN6O2.HI/c1-22-20(23-11-13-26-18(28)4-2-5-19(26)29)24-14-17(27-12-3-10-25-27)15-6-8-16(21)9-7-15;/h3,6-10,12,17H,2,4-5,11,13-14H2,1H3,(H2,22,23,24);1H. The van der Waals surface area contributed by atoms with Crippen LogP contribution < -0.4 is 10.6 Å². The molecule has 2 heterocycles. The number of halogens is 2. The molecule has 1 aromatic carbocycles. The monoisotopic (exact) mass is 544 g/mol. The van der Waals surface area contributed by atoms with Gasteiger partial charge in [-0.25, -0.2) is 0 Å². The van der Waals surface area contributed by atoms with E-state index in [2.05, 4.69) is 20.7 Å². The Labute approximate surface area is 198 Å². The van der Waals surface area contributed by atoms with Crippen LogP contribution in [0.4, 0.5) is 0 Å². The van der Waals surface area contributed by atoms with Gasteiger partial charge in [-0.2, -0.15) is 5.10 Å². The van der Waals surface area contributed by atoms with Gasteiger partial charge in [0.1, 0.15) is 0 Å². The van der Waals surface area contributed by atoms with Crippen LogP contribution in [0, 0.1) is 0 Å². The summed E-state index contributed by atoms with van der Waals surface area (Å²) in [5.41, 5.74) is 1.06. The van der Waals surface area contributed by atoms with Crippen molar-refractivity contribution in [2.45, 2.75) is 25.3 Å². The Balaban J connectivity index is 0.00000320. The number of imide groups is 1. The van der Waals surface area contributed by atoms with Crippen molar-refractivity contribution in [1.29, 1.82) is 0 Å².